The molecule has 9 heteroatoms. The Kier molecular flexibility index (Phi) is 4.63. The van der Waals surface area contributed by atoms with E-state index in [1.165, 1.54) is 0 Å². The number of urea groups is 1. The first kappa shape index (κ1) is 19.9. The van der Waals surface area contributed by atoms with Gasteiger partial charge in [-0.2, -0.15) is 0 Å². The highest BCUT2D eigenvalue weighted by Crippen LogP contribution is 2.38. The largest absolute Gasteiger partial charge is 0.491 e. The maximum atomic E-state index is 12.0. The molecule has 2 saturated heterocycles. The minimum Gasteiger partial charge on any atom is -0.491 e. The molecule has 0 radical (unpaired) electrons. The molecule has 0 saturated carbocycles. The quantitative estimate of drug-likeness (QED) is 0.641. The zero-order chi connectivity index (χ0) is 22.5. The Morgan fingerprint density at radius 3 is 2.70 bits per heavy atom. The van der Waals surface area contributed by atoms with Gasteiger partial charge in [0.05, 0.1) is 12.1 Å². The maximum absolute atomic E-state index is 12.0. The second-order valence-electron chi connectivity index (χ2n) is 8.78. The molecule has 0 unspecified atom stereocenters. The number of hydrogen-bond acceptors (Lipinski definition) is 5. The number of anilines is 2. The molecule has 0 spiro atoms. The molecule has 3 amide bonds. The summed E-state index contributed by atoms with van der Waals surface area (Å²) in [6.07, 6.45) is 2.58. The van der Waals surface area contributed by atoms with Crippen LogP contribution in [0.3, 0.4) is 0 Å². The Labute approximate surface area is 191 Å². The van der Waals surface area contributed by atoms with Crippen LogP contribution in [-0.4, -0.2) is 53.8 Å². The fourth-order valence-corrected chi connectivity index (χ4v) is 5.21. The zero-order valence-electron chi connectivity index (χ0n) is 18.3. The van der Waals surface area contributed by atoms with Crippen LogP contribution in [0.2, 0.25) is 0 Å². The Balaban J connectivity index is 1.42. The molecule has 2 fully saturated rings. The van der Waals surface area contributed by atoms with Gasteiger partial charge in [-0.25, -0.2) is 9.78 Å². The van der Waals surface area contributed by atoms with Gasteiger partial charge in [0.25, 0.3) is 0 Å². The number of amides is 3. The maximum Gasteiger partial charge on any atom is 0.321 e. The Morgan fingerprint density at radius 2 is 1.94 bits per heavy atom. The van der Waals surface area contributed by atoms with Gasteiger partial charge in [-0.3, -0.25) is 9.69 Å². The number of aryl methyl sites for hydroxylation is 1. The predicted molar refractivity (Wildman–Crippen MR) is 126 cm³/mol. The number of primary amides is 1. The van der Waals surface area contributed by atoms with Crippen molar-refractivity contribution in [2.45, 2.75) is 31.8 Å². The number of ether oxygens (including phenoxy) is 1. The molecular weight excluding hydrogens is 420 g/mol. The number of imidazole rings is 1. The summed E-state index contributed by atoms with van der Waals surface area (Å²) >= 11 is 0. The minimum atomic E-state index is -0.294. The minimum absolute atomic E-state index is 0.0635. The van der Waals surface area contributed by atoms with Gasteiger partial charge in [-0.1, -0.05) is 0 Å². The smallest absolute Gasteiger partial charge is 0.321 e. The van der Waals surface area contributed by atoms with E-state index in [1.54, 1.807) is 4.90 Å². The van der Waals surface area contributed by atoms with Gasteiger partial charge in [-0.05, 0) is 49.6 Å². The van der Waals surface area contributed by atoms with Crippen molar-refractivity contribution in [2.24, 2.45) is 5.73 Å². The van der Waals surface area contributed by atoms with Gasteiger partial charge in [0.15, 0.2) is 0 Å². The molecule has 170 valence electrons. The van der Waals surface area contributed by atoms with E-state index in [-0.39, 0.29) is 18.0 Å². The number of carbonyl (C=O) groups excluding carboxylic acids is 2. The summed E-state index contributed by atoms with van der Waals surface area (Å²) < 4.78 is 8.33. The van der Waals surface area contributed by atoms with E-state index in [4.69, 9.17) is 15.5 Å². The molecule has 3 aliphatic rings. The van der Waals surface area contributed by atoms with Gasteiger partial charge in [-0.15, -0.1) is 0 Å². The number of hydrogen-bond donors (Lipinski definition) is 2. The van der Waals surface area contributed by atoms with Crippen molar-refractivity contribution in [3.63, 3.8) is 0 Å². The number of benzene rings is 2. The van der Waals surface area contributed by atoms with Crippen molar-refractivity contribution in [1.29, 1.82) is 0 Å². The average molecular weight is 447 g/mol. The van der Waals surface area contributed by atoms with Crippen molar-refractivity contribution in [3.8, 4) is 17.1 Å². The van der Waals surface area contributed by atoms with Gasteiger partial charge >= 0.3 is 6.03 Å². The summed E-state index contributed by atoms with van der Waals surface area (Å²) in [6.45, 7) is 3.56. The van der Waals surface area contributed by atoms with Crippen LogP contribution in [0.1, 0.15) is 19.3 Å². The highest BCUT2D eigenvalue weighted by molar-refractivity contribution is 5.95. The van der Waals surface area contributed by atoms with Crippen LogP contribution in [-0.2, 0) is 11.3 Å². The summed E-state index contributed by atoms with van der Waals surface area (Å²) in [5.74, 6) is 1.37. The third-order valence-corrected chi connectivity index (χ3v) is 6.78. The Morgan fingerprint density at radius 1 is 1.09 bits per heavy atom. The lowest BCUT2D eigenvalue weighted by Gasteiger charge is -2.25. The molecule has 1 aromatic heterocycles. The van der Waals surface area contributed by atoms with Crippen LogP contribution >= 0.6 is 0 Å². The van der Waals surface area contributed by atoms with Crippen molar-refractivity contribution in [1.82, 2.24) is 14.9 Å². The van der Waals surface area contributed by atoms with E-state index in [1.807, 2.05) is 36.4 Å². The summed E-state index contributed by atoms with van der Waals surface area (Å²) in [4.78, 5) is 32.7. The van der Waals surface area contributed by atoms with Crippen LogP contribution in [0, 0.1) is 0 Å². The molecule has 0 bridgehead atoms. The lowest BCUT2D eigenvalue weighted by molar-refractivity contribution is -0.119. The van der Waals surface area contributed by atoms with Crippen molar-refractivity contribution in [3.05, 3.63) is 36.4 Å². The van der Waals surface area contributed by atoms with E-state index in [2.05, 4.69) is 14.8 Å². The Bertz CT molecular complexity index is 1250. The first-order valence-corrected chi connectivity index (χ1v) is 11.5. The summed E-state index contributed by atoms with van der Waals surface area (Å²) in [7, 11) is 0. The summed E-state index contributed by atoms with van der Waals surface area (Å²) in [5, 5.41) is 2.83. The molecule has 0 aliphatic carbocycles. The fraction of sp³-hybridized carbons (Fsp3) is 0.375. The standard InChI is InChI=1S/C24H26N6O3/c25-22(31)19-3-1-9-28(19)17-13-18-21-20(14-17)33-12-2-10-30(21)23(27-18)15-4-6-16(7-5-15)29-11-8-26-24(29)32/h4-7,13-14,19H,1-3,8-12H2,(H2,25,31)(H,26,32)/t19-/m0/s1. The first-order chi connectivity index (χ1) is 16.1. The van der Waals surface area contributed by atoms with Gasteiger partial charge < -0.3 is 25.3 Å². The topological polar surface area (TPSA) is 106 Å². The Hall–Kier alpha value is -3.75. The molecule has 9 nitrogen and oxygen atoms in total. The van der Waals surface area contributed by atoms with Crippen molar-refractivity contribution < 1.29 is 14.3 Å². The molecular formula is C24H26N6O3. The van der Waals surface area contributed by atoms with Gasteiger partial charge in [0.1, 0.15) is 23.1 Å². The van der Waals surface area contributed by atoms with E-state index < -0.39 is 0 Å². The van der Waals surface area contributed by atoms with Gasteiger partial charge in [0, 0.05) is 49.2 Å². The summed E-state index contributed by atoms with van der Waals surface area (Å²) in [5.41, 5.74) is 10.3. The number of rotatable bonds is 4. The van der Waals surface area contributed by atoms with Crippen molar-refractivity contribution in [2.75, 3.05) is 36.0 Å². The van der Waals surface area contributed by atoms with Crippen molar-refractivity contribution >= 4 is 34.3 Å². The van der Waals surface area contributed by atoms with E-state index in [0.29, 0.717) is 19.7 Å². The van der Waals surface area contributed by atoms with E-state index in [9.17, 15) is 9.59 Å². The SMILES string of the molecule is NC(=O)[C@@H]1CCCN1c1cc2c3c(c1)nc(-c1ccc(N4CCNC4=O)cc1)n3CCCO2. The number of aromatic nitrogens is 2. The molecule has 2 aromatic carbocycles. The molecule has 4 heterocycles. The highest BCUT2D eigenvalue weighted by atomic mass is 16.5. The van der Waals surface area contributed by atoms with Crippen LogP contribution in [0.25, 0.3) is 22.4 Å². The van der Waals surface area contributed by atoms with Crippen LogP contribution < -0.4 is 25.6 Å². The molecule has 3 aliphatic heterocycles. The normalized spacial score (nSPS) is 20.1. The lowest BCUT2D eigenvalue weighted by Crippen LogP contribution is -2.40. The summed E-state index contributed by atoms with van der Waals surface area (Å²) in [6, 6.07) is 11.7. The predicted octanol–water partition coefficient (Wildman–Crippen LogP) is 2.47. The number of nitrogens with one attached hydrogen (secondary N) is 1. The third kappa shape index (κ3) is 3.26. The second kappa shape index (κ2) is 7.68. The van der Waals surface area contributed by atoms with Crippen LogP contribution in [0.15, 0.2) is 36.4 Å². The first-order valence-electron chi connectivity index (χ1n) is 11.5. The third-order valence-electron chi connectivity index (χ3n) is 6.78. The zero-order valence-corrected chi connectivity index (χ0v) is 18.3. The monoisotopic (exact) mass is 446 g/mol. The number of carbonyl (C=O) groups is 2. The lowest BCUT2D eigenvalue weighted by atomic mass is 10.2. The fourth-order valence-electron chi connectivity index (χ4n) is 5.21. The molecule has 3 N–H and O–H groups in total. The van der Waals surface area contributed by atoms with Gasteiger partial charge in [0.2, 0.25) is 5.91 Å². The number of nitrogens with zero attached hydrogens (tertiary/aromatic N) is 4. The number of nitrogens with two attached hydrogens (primary N) is 1. The van der Waals surface area contributed by atoms with E-state index in [0.717, 1.165) is 71.9 Å². The molecule has 3 aromatic rings. The second-order valence-corrected chi connectivity index (χ2v) is 8.78. The van der Waals surface area contributed by atoms with Crippen LogP contribution in [0.5, 0.6) is 5.75 Å². The van der Waals surface area contributed by atoms with Crippen LogP contribution in [0.4, 0.5) is 16.2 Å². The van der Waals surface area contributed by atoms with E-state index >= 15 is 0 Å². The highest BCUT2D eigenvalue weighted by Gasteiger charge is 2.31. The molecule has 6 rings (SSSR count). The molecule has 33 heavy (non-hydrogen) atoms. The average Bonchev–Trinajstić information content (AvgIpc) is 3.51. The molecule has 1 atom stereocenters.